The number of hydrogen-bond donors (Lipinski definition) is 0. The number of imidazole rings is 1. The first-order chi connectivity index (χ1) is 12.1. The smallest absolute Gasteiger partial charge is 0.156 e. The molecule has 0 aliphatic heterocycles. The summed E-state index contributed by atoms with van der Waals surface area (Å²) in [6.07, 6.45) is 9.97. The largest absolute Gasteiger partial charge is 0.490 e. The Bertz CT molecular complexity index is 649. The van der Waals surface area contributed by atoms with Gasteiger partial charge in [0.15, 0.2) is 5.75 Å². The molecule has 0 bridgehead atoms. The first-order valence-electron chi connectivity index (χ1n) is 8.41. The summed E-state index contributed by atoms with van der Waals surface area (Å²) in [6, 6.07) is 3.44. The van der Waals surface area contributed by atoms with Crippen LogP contribution < -0.4 is 9.47 Å². The molecule has 25 heavy (non-hydrogen) atoms. The number of ether oxygens (including phenoxy) is 2. The average Bonchev–Trinajstić information content (AvgIpc) is 3.07. The summed E-state index contributed by atoms with van der Waals surface area (Å²) in [5.74, 6) is 1.13. The van der Waals surface area contributed by atoms with Crippen LogP contribution in [0.4, 0.5) is 0 Å². The Balaban J connectivity index is 1.68. The van der Waals surface area contributed by atoms with Crippen LogP contribution >= 0.6 is 23.2 Å². The van der Waals surface area contributed by atoms with Crippen molar-refractivity contribution in [2.45, 2.75) is 39.2 Å². The maximum absolute atomic E-state index is 6.25. The number of nitrogens with zero attached hydrogens (tertiary/aromatic N) is 2. The Labute approximate surface area is 159 Å². The molecular formula is C19H24Cl2N2O2. The minimum atomic E-state index is 0.436. The van der Waals surface area contributed by atoms with Crippen LogP contribution in [0.2, 0.25) is 10.0 Å². The maximum atomic E-state index is 6.25. The molecule has 0 unspecified atom stereocenters. The first-order valence-corrected chi connectivity index (χ1v) is 9.16. The lowest BCUT2D eigenvalue weighted by Crippen LogP contribution is -2.01. The van der Waals surface area contributed by atoms with E-state index in [4.69, 9.17) is 32.7 Å². The van der Waals surface area contributed by atoms with Gasteiger partial charge in [0.25, 0.3) is 0 Å². The molecule has 0 N–H and O–H groups in total. The summed E-state index contributed by atoms with van der Waals surface area (Å²) < 4.78 is 13.4. The average molecular weight is 383 g/mol. The molecule has 0 spiro atoms. The van der Waals surface area contributed by atoms with Crippen molar-refractivity contribution in [3.63, 3.8) is 0 Å². The summed E-state index contributed by atoms with van der Waals surface area (Å²) in [4.78, 5) is 4.03. The van der Waals surface area contributed by atoms with Crippen LogP contribution in [-0.4, -0.2) is 22.8 Å². The molecule has 0 radical (unpaired) electrons. The standard InChI is InChI=1S/C19H24Cl2N2O2/c1-15(2)13-25-16-11-17(20)19(18(21)12-16)24-10-6-4-3-5-8-23-9-7-22-14-23/h7,9,11-12,14H,1,3-6,8,10,13H2,2H3. The van der Waals surface area contributed by atoms with Crippen LogP contribution in [-0.2, 0) is 6.54 Å². The van der Waals surface area contributed by atoms with E-state index in [-0.39, 0.29) is 0 Å². The topological polar surface area (TPSA) is 36.3 Å². The van der Waals surface area contributed by atoms with Gasteiger partial charge in [-0.15, -0.1) is 0 Å². The number of rotatable bonds is 11. The minimum absolute atomic E-state index is 0.436. The molecule has 1 heterocycles. The summed E-state index contributed by atoms with van der Waals surface area (Å²) in [6.45, 7) is 7.73. The summed E-state index contributed by atoms with van der Waals surface area (Å²) >= 11 is 12.5. The fourth-order valence-electron chi connectivity index (χ4n) is 2.31. The van der Waals surface area contributed by atoms with Crippen LogP contribution in [0, 0.1) is 0 Å². The van der Waals surface area contributed by atoms with E-state index in [0.717, 1.165) is 37.8 Å². The zero-order valence-electron chi connectivity index (χ0n) is 14.5. The number of hydrogen-bond acceptors (Lipinski definition) is 3. The van der Waals surface area contributed by atoms with Crippen molar-refractivity contribution in [1.82, 2.24) is 9.55 Å². The second-order valence-corrected chi connectivity index (χ2v) is 6.84. The normalized spacial score (nSPS) is 10.7. The zero-order chi connectivity index (χ0) is 18.1. The van der Waals surface area contributed by atoms with Gasteiger partial charge in [-0.05, 0) is 25.3 Å². The van der Waals surface area contributed by atoms with Crippen molar-refractivity contribution in [2.75, 3.05) is 13.2 Å². The Morgan fingerprint density at radius 3 is 2.48 bits per heavy atom. The van der Waals surface area contributed by atoms with Crippen LogP contribution in [0.1, 0.15) is 32.6 Å². The molecule has 6 heteroatoms. The van der Waals surface area contributed by atoms with Crippen molar-refractivity contribution < 1.29 is 9.47 Å². The molecule has 4 nitrogen and oxygen atoms in total. The highest BCUT2D eigenvalue weighted by Gasteiger charge is 2.10. The van der Waals surface area contributed by atoms with E-state index in [1.165, 1.54) is 0 Å². The highest BCUT2D eigenvalue weighted by Crippen LogP contribution is 2.37. The van der Waals surface area contributed by atoms with E-state index in [0.29, 0.717) is 34.8 Å². The van der Waals surface area contributed by atoms with Crippen molar-refractivity contribution in [3.8, 4) is 11.5 Å². The van der Waals surface area contributed by atoms with E-state index in [1.54, 1.807) is 18.3 Å². The Morgan fingerprint density at radius 1 is 1.12 bits per heavy atom. The molecule has 1 aromatic carbocycles. The lowest BCUT2D eigenvalue weighted by molar-refractivity contribution is 0.303. The molecule has 2 rings (SSSR count). The lowest BCUT2D eigenvalue weighted by Gasteiger charge is -2.12. The number of aryl methyl sites for hydroxylation is 1. The summed E-state index contributed by atoms with van der Waals surface area (Å²) in [5, 5.41) is 0.925. The van der Waals surface area contributed by atoms with Crippen molar-refractivity contribution in [2.24, 2.45) is 0 Å². The Kier molecular flexibility index (Phi) is 8.16. The van der Waals surface area contributed by atoms with Gasteiger partial charge in [0, 0.05) is 31.1 Å². The molecule has 136 valence electrons. The molecule has 0 aliphatic carbocycles. The molecule has 2 aromatic rings. The summed E-state index contributed by atoms with van der Waals surface area (Å²) in [5.41, 5.74) is 0.931. The van der Waals surface area contributed by atoms with E-state index >= 15 is 0 Å². The Morgan fingerprint density at radius 2 is 1.84 bits per heavy atom. The second kappa shape index (κ2) is 10.4. The van der Waals surface area contributed by atoms with E-state index in [2.05, 4.69) is 16.1 Å². The fraction of sp³-hybridized carbons (Fsp3) is 0.421. The van der Waals surface area contributed by atoms with Gasteiger partial charge in [0.1, 0.15) is 12.4 Å². The maximum Gasteiger partial charge on any atom is 0.156 e. The minimum Gasteiger partial charge on any atom is -0.490 e. The molecule has 0 atom stereocenters. The third kappa shape index (κ3) is 7.00. The third-order valence-electron chi connectivity index (χ3n) is 3.57. The first kappa shape index (κ1) is 19.7. The molecule has 0 aliphatic rings. The molecule has 0 fully saturated rings. The lowest BCUT2D eigenvalue weighted by atomic mass is 10.2. The van der Waals surface area contributed by atoms with Crippen LogP contribution in [0.5, 0.6) is 11.5 Å². The van der Waals surface area contributed by atoms with Crippen molar-refractivity contribution in [3.05, 3.63) is 53.1 Å². The third-order valence-corrected chi connectivity index (χ3v) is 4.13. The molecule has 1 aromatic heterocycles. The predicted octanol–water partition coefficient (Wildman–Crippen LogP) is 5.78. The van der Waals surface area contributed by atoms with Gasteiger partial charge in [0.05, 0.1) is 23.0 Å². The van der Waals surface area contributed by atoms with E-state index < -0.39 is 0 Å². The van der Waals surface area contributed by atoms with Crippen LogP contribution in [0.25, 0.3) is 0 Å². The SMILES string of the molecule is C=C(C)COc1cc(Cl)c(OCCCCCCn2ccnc2)c(Cl)c1. The zero-order valence-corrected chi connectivity index (χ0v) is 16.0. The van der Waals surface area contributed by atoms with Crippen molar-refractivity contribution in [1.29, 1.82) is 0 Å². The highest BCUT2D eigenvalue weighted by atomic mass is 35.5. The number of benzene rings is 1. The van der Waals surface area contributed by atoms with E-state index in [1.807, 2.05) is 19.4 Å². The molecule has 0 saturated carbocycles. The molecule has 0 amide bonds. The second-order valence-electron chi connectivity index (χ2n) is 6.03. The van der Waals surface area contributed by atoms with Crippen molar-refractivity contribution >= 4 is 23.2 Å². The van der Waals surface area contributed by atoms with Crippen LogP contribution in [0.3, 0.4) is 0 Å². The molecular weight excluding hydrogens is 359 g/mol. The number of halogens is 2. The van der Waals surface area contributed by atoms with Gasteiger partial charge in [-0.2, -0.15) is 0 Å². The van der Waals surface area contributed by atoms with E-state index in [9.17, 15) is 0 Å². The Hall–Kier alpha value is -1.65. The quantitative estimate of drug-likeness (QED) is 0.364. The summed E-state index contributed by atoms with van der Waals surface area (Å²) in [7, 11) is 0. The number of aromatic nitrogens is 2. The van der Waals surface area contributed by atoms with Gasteiger partial charge in [-0.1, -0.05) is 42.6 Å². The van der Waals surface area contributed by atoms with Gasteiger partial charge >= 0.3 is 0 Å². The fourth-order valence-corrected chi connectivity index (χ4v) is 2.88. The van der Waals surface area contributed by atoms with Crippen LogP contribution in [0.15, 0.2) is 43.0 Å². The predicted molar refractivity (Wildman–Crippen MR) is 103 cm³/mol. The highest BCUT2D eigenvalue weighted by molar-refractivity contribution is 6.37. The monoisotopic (exact) mass is 382 g/mol. The number of unbranched alkanes of at least 4 members (excludes halogenated alkanes) is 3. The van der Waals surface area contributed by atoms with Gasteiger partial charge in [-0.25, -0.2) is 4.98 Å². The van der Waals surface area contributed by atoms with Gasteiger partial charge in [0.2, 0.25) is 0 Å². The van der Waals surface area contributed by atoms with Gasteiger partial charge < -0.3 is 14.0 Å². The van der Waals surface area contributed by atoms with Gasteiger partial charge in [-0.3, -0.25) is 0 Å². The molecule has 0 saturated heterocycles.